The second kappa shape index (κ2) is 5.67. The van der Waals surface area contributed by atoms with Crippen LogP contribution in [0.5, 0.6) is 0 Å². The van der Waals surface area contributed by atoms with E-state index in [2.05, 4.69) is 5.32 Å². The monoisotopic (exact) mass is 258 g/mol. The summed E-state index contributed by atoms with van der Waals surface area (Å²) < 4.78 is 0. The predicted octanol–water partition coefficient (Wildman–Crippen LogP) is -1.40. The van der Waals surface area contributed by atoms with Crippen LogP contribution in [-0.2, 0) is 4.79 Å². The van der Waals surface area contributed by atoms with Crippen molar-refractivity contribution in [1.29, 1.82) is 0 Å². The van der Waals surface area contributed by atoms with Gasteiger partial charge >= 0.3 is 6.03 Å². The second-order valence-electron chi connectivity index (χ2n) is 5.29. The first-order valence-electron chi connectivity index (χ1n) is 6.47. The molecule has 0 aromatic carbocycles. The van der Waals surface area contributed by atoms with Crippen LogP contribution in [0.4, 0.5) is 4.79 Å². The first kappa shape index (κ1) is 14.9. The molecule has 0 aromatic heterocycles. The Kier molecular flexibility index (Phi) is 4.70. The molecule has 3 N–H and O–H groups in total. The van der Waals surface area contributed by atoms with Crippen LogP contribution in [-0.4, -0.2) is 59.8 Å². The lowest BCUT2D eigenvalue weighted by molar-refractivity contribution is -0.899. The van der Waals surface area contributed by atoms with Crippen molar-refractivity contribution in [2.75, 3.05) is 26.2 Å². The lowest BCUT2D eigenvalue weighted by atomic mass is 10.1. The molecule has 3 amide bonds. The molecule has 0 aliphatic carbocycles. The Morgan fingerprint density at radius 1 is 1.33 bits per heavy atom. The molecule has 104 valence electrons. The Hall–Kier alpha value is -1.14. The minimum Gasteiger partial charge on any atom is -0.385 e. The first-order chi connectivity index (χ1) is 8.31. The maximum Gasteiger partial charge on any atom is 0.325 e. The second-order valence-corrected chi connectivity index (χ2v) is 5.29. The molecule has 1 aliphatic rings. The number of carbonyl (C=O) groups excluding carboxylic acids is 2. The Bertz CT molecular complexity index is 327. The maximum atomic E-state index is 11.9. The van der Waals surface area contributed by atoms with Crippen molar-refractivity contribution in [3.05, 3.63) is 0 Å². The summed E-state index contributed by atoms with van der Waals surface area (Å²) in [6.07, 6.45) is -0.677. The number of nitrogens with zero attached hydrogens (tertiary/aromatic N) is 1. The van der Waals surface area contributed by atoms with Gasteiger partial charge in [-0.05, 0) is 27.7 Å². The van der Waals surface area contributed by atoms with Crippen LogP contribution in [0.2, 0.25) is 0 Å². The number of aliphatic hydroxyl groups is 1. The van der Waals surface area contributed by atoms with Gasteiger partial charge in [-0.15, -0.1) is 0 Å². The SMILES string of the molecule is CC[NH+](CC)CC(O)CN1C(=O)NC(C)(C)C1=O. The number of hydrogen-bond donors (Lipinski definition) is 3. The molecule has 1 heterocycles. The zero-order valence-electron chi connectivity index (χ0n) is 11.6. The molecule has 0 radical (unpaired) electrons. The molecule has 1 unspecified atom stereocenters. The van der Waals surface area contributed by atoms with E-state index in [1.807, 2.05) is 13.8 Å². The van der Waals surface area contributed by atoms with Gasteiger partial charge in [0.15, 0.2) is 0 Å². The van der Waals surface area contributed by atoms with E-state index < -0.39 is 17.7 Å². The number of quaternary nitrogens is 1. The number of urea groups is 1. The van der Waals surface area contributed by atoms with Crippen LogP contribution in [0, 0.1) is 0 Å². The highest BCUT2D eigenvalue weighted by Crippen LogP contribution is 2.16. The Balaban J connectivity index is 2.57. The van der Waals surface area contributed by atoms with Gasteiger partial charge in [0.2, 0.25) is 0 Å². The standard InChI is InChI=1S/C12H23N3O3/c1-5-14(6-2)7-9(16)8-15-10(17)12(3,4)13-11(15)18/h9,16H,5-8H2,1-4H3,(H,13,18)/p+1. The molecule has 1 aliphatic heterocycles. The highest BCUT2D eigenvalue weighted by Gasteiger charge is 2.44. The van der Waals surface area contributed by atoms with Gasteiger partial charge in [0.1, 0.15) is 18.2 Å². The van der Waals surface area contributed by atoms with Crippen molar-refractivity contribution in [2.24, 2.45) is 0 Å². The Morgan fingerprint density at radius 3 is 2.28 bits per heavy atom. The topological polar surface area (TPSA) is 74.1 Å². The molecule has 6 heteroatoms. The minimum atomic E-state index is -0.862. The van der Waals surface area contributed by atoms with Crippen LogP contribution < -0.4 is 10.2 Å². The van der Waals surface area contributed by atoms with Gasteiger partial charge in [-0.3, -0.25) is 9.69 Å². The summed E-state index contributed by atoms with van der Waals surface area (Å²) in [6.45, 7) is 9.86. The lowest BCUT2D eigenvalue weighted by Gasteiger charge is -2.22. The molecular weight excluding hydrogens is 234 g/mol. The largest absolute Gasteiger partial charge is 0.385 e. The fraction of sp³-hybridized carbons (Fsp3) is 0.833. The number of aliphatic hydroxyl groups excluding tert-OH is 1. The van der Waals surface area contributed by atoms with E-state index in [9.17, 15) is 14.7 Å². The van der Waals surface area contributed by atoms with E-state index in [1.165, 1.54) is 4.90 Å². The van der Waals surface area contributed by atoms with Crippen molar-refractivity contribution < 1.29 is 19.6 Å². The zero-order valence-corrected chi connectivity index (χ0v) is 11.6. The lowest BCUT2D eigenvalue weighted by Crippen LogP contribution is -3.12. The number of β-amino-alcohol motifs (C(OH)–C–C–N with tert-alkyl or cyclic N) is 1. The van der Waals surface area contributed by atoms with Gasteiger partial charge < -0.3 is 15.3 Å². The molecule has 0 aromatic rings. The summed E-state index contributed by atoms with van der Waals surface area (Å²) in [5.74, 6) is -0.277. The van der Waals surface area contributed by atoms with Crippen LogP contribution >= 0.6 is 0 Å². The van der Waals surface area contributed by atoms with Gasteiger partial charge in [-0.2, -0.15) is 0 Å². The van der Waals surface area contributed by atoms with Crippen molar-refractivity contribution in [3.63, 3.8) is 0 Å². The molecular formula is C12H24N3O3+. The molecule has 18 heavy (non-hydrogen) atoms. The number of imide groups is 1. The van der Waals surface area contributed by atoms with Gasteiger partial charge in [0.05, 0.1) is 19.6 Å². The van der Waals surface area contributed by atoms with Gasteiger partial charge in [0, 0.05) is 0 Å². The molecule has 0 spiro atoms. The molecule has 1 saturated heterocycles. The normalized spacial score (nSPS) is 20.4. The molecule has 1 fully saturated rings. The average Bonchev–Trinajstić information content (AvgIpc) is 2.48. The molecule has 0 bridgehead atoms. The van der Waals surface area contributed by atoms with E-state index in [-0.39, 0.29) is 12.5 Å². The number of carbonyl (C=O) groups is 2. The van der Waals surface area contributed by atoms with E-state index in [0.29, 0.717) is 6.54 Å². The summed E-state index contributed by atoms with van der Waals surface area (Å²) in [6, 6.07) is -0.418. The summed E-state index contributed by atoms with van der Waals surface area (Å²) in [7, 11) is 0. The van der Waals surface area contributed by atoms with Crippen LogP contribution in [0.1, 0.15) is 27.7 Å². The molecule has 6 nitrogen and oxygen atoms in total. The van der Waals surface area contributed by atoms with E-state index in [1.54, 1.807) is 13.8 Å². The van der Waals surface area contributed by atoms with E-state index in [0.717, 1.165) is 18.0 Å². The fourth-order valence-electron chi connectivity index (χ4n) is 2.13. The predicted molar refractivity (Wildman–Crippen MR) is 67.2 cm³/mol. The van der Waals surface area contributed by atoms with Crippen molar-refractivity contribution in [1.82, 2.24) is 10.2 Å². The third-order valence-electron chi connectivity index (χ3n) is 3.36. The average molecular weight is 258 g/mol. The number of amides is 3. The fourth-order valence-corrected chi connectivity index (χ4v) is 2.13. The summed E-state index contributed by atoms with van der Waals surface area (Å²) >= 11 is 0. The van der Waals surface area contributed by atoms with Gasteiger partial charge in [-0.25, -0.2) is 4.79 Å². The van der Waals surface area contributed by atoms with Crippen molar-refractivity contribution >= 4 is 11.9 Å². The Morgan fingerprint density at radius 2 is 1.89 bits per heavy atom. The zero-order chi connectivity index (χ0) is 13.9. The summed E-state index contributed by atoms with van der Waals surface area (Å²) in [5.41, 5.74) is -0.862. The van der Waals surface area contributed by atoms with Crippen LogP contribution in [0.25, 0.3) is 0 Å². The van der Waals surface area contributed by atoms with Gasteiger partial charge in [0.25, 0.3) is 5.91 Å². The summed E-state index contributed by atoms with van der Waals surface area (Å²) in [5, 5.41) is 12.6. The third kappa shape index (κ3) is 3.20. The highest BCUT2D eigenvalue weighted by molar-refractivity contribution is 6.06. The van der Waals surface area contributed by atoms with Crippen LogP contribution in [0.3, 0.4) is 0 Å². The van der Waals surface area contributed by atoms with Gasteiger partial charge in [-0.1, -0.05) is 0 Å². The van der Waals surface area contributed by atoms with Crippen LogP contribution in [0.15, 0.2) is 0 Å². The number of likely N-dealkylation sites (N-methyl/N-ethyl adjacent to an activating group) is 1. The smallest absolute Gasteiger partial charge is 0.325 e. The highest BCUT2D eigenvalue weighted by atomic mass is 16.3. The van der Waals surface area contributed by atoms with E-state index in [4.69, 9.17) is 0 Å². The maximum absolute atomic E-state index is 11.9. The molecule has 1 rings (SSSR count). The van der Waals surface area contributed by atoms with Crippen molar-refractivity contribution in [2.45, 2.75) is 39.3 Å². The summed E-state index contributed by atoms with van der Waals surface area (Å²) in [4.78, 5) is 25.9. The first-order valence-corrected chi connectivity index (χ1v) is 6.47. The quantitative estimate of drug-likeness (QED) is 0.513. The molecule has 0 saturated carbocycles. The molecule has 1 atom stereocenters. The minimum absolute atomic E-state index is 0.0671. The number of nitrogens with one attached hydrogen (secondary N) is 2. The number of hydrogen-bond acceptors (Lipinski definition) is 3. The Labute approximate surface area is 108 Å². The van der Waals surface area contributed by atoms with Crippen molar-refractivity contribution in [3.8, 4) is 0 Å². The number of rotatable bonds is 6. The third-order valence-corrected chi connectivity index (χ3v) is 3.36. The van der Waals surface area contributed by atoms with E-state index >= 15 is 0 Å².